The Labute approximate surface area is 122 Å². The Hall–Kier alpha value is -2.56. The van der Waals surface area contributed by atoms with Gasteiger partial charge in [-0.25, -0.2) is 4.79 Å². The Morgan fingerprint density at radius 3 is 2.71 bits per heavy atom. The fourth-order valence-corrected chi connectivity index (χ4v) is 2.04. The average molecular weight is 287 g/mol. The van der Waals surface area contributed by atoms with Gasteiger partial charge in [-0.15, -0.1) is 0 Å². The number of nitrogens with one attached hydrogen (secondary N) is 1. The number of amides is 1. The number of aromatic carboxylic acids is 1. The summed E-state index contributed by atoms with van der Waals surface area (Å²) in [7, 11) is 0. The number of benzene rings is 1. The molecule has 2 rings (SSSR count). The van der Waals surface area contributed by atoms with Gasteiger partial charge in [0.15, 0.2) is 0 Å². The molecule has 0 radical (unpaired) electrons. The molecule has 110 valence electrons. The van der Waals surface area contributed by atoms with Gasteiger partial charge in [0.1, 0.15) is 5.76 Å². The van der Waals surface area contributed by atoms with E-state index in [0.717, 1.165) is 12.0 Å². The Morgan fingerprint density at radius 1 is 1.29 bits per heavy atom. The normalized spacial score (nSPS) is 10.4. The van der Waals surface area contributed by atoms with Gasteiger partial charge in [0, 0.05) is 12.1 Å². The SMILES string of the molecule is CCCc1occc1C(=O)Nc1cc(C(=O)O)ccc1C. The molecule has 0 spiro atoms. The first-order chi connectivity index (χ1) is 10.0. The lowest BCUT2D eigenvalue weighted by Crippen LogP contribution is -2.14. The summed E-state index contributed by atoms with van der Waals surface area (Å²) in [5, 5.41) is 11.7. The number of furan rings is 1. The molecule has 0 saturated carbocycles. The number of aryl methyl sites for hydroxylation is 2. The van der Waals surface area contributed by atoms with Crippen LogP contribution in [0.2, 0.25) is 0 Å². The lowest BCUT2D eigenvalue weighted by atomic mass is 10.1. The maximum atomic E-state index is 12.3. The van der Waals surface area contributed by atoms with Crippen LogP contribution in [0.15, 0.2) is 34.9 Å². The molecule has 1 heterocycles. The van der Waals surface area contributed by atoms with Crippen molar-refractivity contribution in [3.63, 3.8) is 0 Å². The minimum atomic E-state index is -1.03. The largest absolute Gasteiger partial charge is 0.478 e. The molecule has 0 aliphatic heterocycles. The van der Waals surface area contributed by atoms with Crippen LogP contribution in [0, 0.1) is 6.92 Å². The maximum Gasteiger partial charge on any atom is 0.335 e. The summed E-state index contributed by atoms with van der Waals surface area (Å²) in [4.78, 5) is 23.3. The highest BCUT2D eigenvalue weighted by Crippen LogP contribution is 2.20. The second kappa shape index (κ2) is 6.26. The minimum Gasteiger partial charge on any atom is -0.478 e. The van der Waals surface area contributed by atoms with Crippen LogP contribution in [0.5, 0.6) is 0 Å². The van der Waals surface area contributed by atoms with Crippen LogP contribution in [0.25, 0.3) is 0 Å². The second-order valence-electron chi connectivity index (χ2n) is 4.80. The molecule has 5 nitrogen and oxygen atoms in total. The summed E-state index contributed by atoms with van der Waals surface area (Å²) in [6, 6.07) is 6.25. The Bertz CT molecular complexity index is 673. The van der Waals surface area contributed by atoms with E-state index in [1.807, 2.05) is 13.8 Å². The molecule has 1 aromatic heterocycles. The predicted octanol–water partition coefficient (Wildman–Crippen LogP) is 3.49. The topological polar surface area (TPSA) is 79.5 Å². The van der Waals surface area contributed by atoms with Crippen molar-refractivity contribution in [3.05, 3.63) is 53.0 Å². The lowest BCUT2D eigenvalue weighted by Gasteiger charge is -2.09. The minimum absolute atomic E-state index is 0.136. The molecule has 0 bridgehead atoms. The first kappa shape index (κ1) is 14.8. The molecule has 2 aromatic rings. The van der Waals surface area contributed by atoms with Gasteiger partial charge in [0.25, 0.3) is 5.91 Å². The first-order valence-corrected chi connectivity index (χ1v) is 6.74. The van der Waals surface area contributed by atoms with E-state index in [-0.39, 0.29) is 11.5 Å². The third kappa shape index (κ3) is 3.31. The molecule has 0 atom stereocenters. The van der Waals surface area contributed by atoms with Gasteiger partial charge >= 0.3 is 5.97 Å². The van der Waals surface area contributed by atoms with E-state index in [1.54, 1.807) is 12.1 Å². The number of carbonyl (C=O) groups is 2. The van der Waals surface area contributed by atoms with E-state index in [2.05, 4.69) is 5.32 Å². The number of hydrogen-bond acceptors (Lipinski definition) is 3. The maximum absolute atomic E-state index is 12.3. The Kier molecular flexibility index (Phi) is 4.42. The van der Waals surface area contributed by atoms with Gasteiger partial charge < -0.3 is 14.8 Å². The predicted molar refractivity (Wildman–Crippen MR) is 78.8 cm³/mol. The number of carboxylic acid groups (broad SMARTS) is 1. The van der Waals surface area contributed by atoms with E-state index >= 15 is 0 Å². The number of carbonyl (C=O) groups excluding carboxylic acids is 1. The van der Waals surface area contributed by atoms with Crippen LogP contribution in [0.3, 0.4) is 0 Å². The van der Waals surface area contributed by atoms with Crippen molar-refractivity contribution in [1.29, 1.82) is 0 Å². The molecule has 0 saturated heterocycles. The summed E-state index contributed by atoms with van der Waals surface area (Å²) >= 11 is 0. The molecule has 1 aromatic carbocycles. The molecule has 1 amide bonds. The van der Waals surface area contributed by atoms with E-state index in [9.17, 15) is 9.59 Å². The van der Waals surface area contributed by atoms with Crippen LogP contribution in [-0.2, 0) is 6.42 Å². The monoisotopic (exact) mass is 287 g/mol. The summed E-state index contributed by atoms with van der Waals surface area (Å²) in [5.41, 5.74) is 1.91. The molecular weight excluding hydrogens is 270 g/mol. The van der Waals surface area contributed by atoms with E-state index in [4.69, 9.17) is 9.52 Å². The Morgan fingerprint density at radius 2 is 2.05 bits per heavy atom. The molecule has 21 heavy (non-hydrogen) atoms. The molecule has 0 aliphatic rings. The fraction of sp³-hybridized carbons (Fsp3) is 0.250. The van der Waals surface area contributed by atoms with Crippen molar-refractivity contribution in [2.45, 2.75) is 26.7 Å². The highest BCUT2D eigenvalue weighted by atomic mass is 16.4. The van der Waals surface area contributed by atoms with Crippen molar-refractivity contribution < 1.29 is 19.1 Å². The summed E-state index contributed by atoms with van der Waals surface area (Å²) in [5.74, 6) is -0.680. The van der Waals surface area contributed by atoms with Crippen LogP contribution in [-0.4, -0.2) is 17.0 Å². The van der Waals surface area contributed by atoms with Gasteiger partial charge in [-0.2, -0.15) is 0 Å². The van der Waals surface area contributed by atoms with Crippen molar-refractivity contribution in [1.82, 2.24) is 0 Å². The summed E-state index contributed by atoms with van der Waals surface area (Å²) < 4.78 is 5.30. The van der Waals surface area contributed by atoms with Gasteiger partial charge in [-0.3, -0.25) is 4.79 Å². The third-order valence-electron chi connectivity index (χ3n) is 3.20. The van der Waals surface area contributed by atoms with Crippen LogP contribution in [0.1, 0.15) is 45.4 Å². The fourth-order valence-electron chi connectivity index (χ4n) is 2.04. The highest BCUT2D eigenvalue weighted by Gasteiger charge is 2.15. The summed E-state index contributed by atoms with van der Waals surface area (Å²) in [6.07, 6.45) is 3.05. The van der Waals surface area contributed by atoms with Crippen LogP contribution in [0.4, 0.5) is 5.69 Å². The van der Waals surface area contributed by atoms with E-state index in [0.29, 0.717) is 23.4 Å². The lowest BCUT2D eigenvalue weighted by molar-refractivity contribution is 0.0696. The zero-order valence-corrected chi connectivity index (χ0v) is 12.0. The molecule has 0 unspecified atom stereocenters. The van der Waals surface area contributed by atoms with E-state index < -0.39 is 5.97 Å². The van der Waals surface area contributed by atoms with Crippen molar-refractivity contribution >= 4 is 17.6 Å². The molecule has 0 fully saturated rings. The van der Waals surface area contributed by atoms with Gasteiger partial charge in [0.05, 0.1) is 17.4 Å². The molecule has 2 N–H and O–H groups in total. The van der Waals surface area contributed by atoms with Crippen molar-refractivity contribution in [3.8, 4) is 0 Å². The average Bonchev–Trinajstić information content (AvgIpc) is 2.89. The number of hydrogen-bond donors (Lipinski definition) is 2. The summed E-state index contributed by atoms with van der Waals surface area (Å²) in [6.45, 7) is 3.81. The van der Waals surface area contributed by atoms with Crippen molar-refractivity contribution in [2.75, 3.05) is 5.32 Å². The van der Waals surface area contributed by atoms with E-state index in [1.165, 1.54) is 18.4 Å². The van der Waals surface area contributed by atoms with Crippen LogP contribution >= 0.6 is 0 Å². The smallest absolute Gasteiger partial charge is 0.335 e. The molecule has 5 heteroatoms. The molecule has 0 aliphatic carbocycles. The van der Waals surface area contributed by atoms with Gasteiger partial charge in [-0.05, 0) is 37.1 Å². The number of carboxylic acids is 1. The second-order valence-corrected chi connectivity index (χ2v) is 4.80. The third-order valence-corrected chi connectivity index (χ3v) is 3.20. The number of rotatable bonds is 5. The Balaban J connectivity index is 2.25. The zero-order chi connectivity index (χ0) is 15.4. The zero-order valence-electron chi connectivity index (χ0n) is 12.0. The first-order valence-electron chi connectivity index (χ1n) is 6.74. The van der Waals surface area contributed by atoms with Gasteiger partial charge in [0.2, 0.25) is 0 Å². The van der Waals surface area contributed by atoms with Crippen molar-refractivity contribution in [2.24, 2.45) is 0 Å². The van der Waals surface area contributed by atoms with Crippen LogP contribution < -0.4 is 5.32 Å². The number of anilines is 1. The highest BCUT2D eigenvalue weighted by molar-refractivity contribution is 6.05. The molecular formula is C16H17NO4. The standard InChI is InChI=1S/C16H17NO4/c1-3-4-14-12(7-8-21-14)15(18)17-13-9-11(16(19)20)6-5-10(13)2/h5-9H,3-4H2,1-2H3,(H,17,18)(H,19,20). The quantitative estimate of drug-likeness (QED) is 0.882. The van der Waals surface area contributed by atoms with Gasteiger partial charge in [-0.1, -0.05) is 13.0 Å².